The van der Waals surface area contributed by atoms with Gasteiger partial charge in [0, 0.05) is 11.8 Å². The summed E-state index contributed by atoms with van der Waals surface area (Å²) in [6.45, 7) is 3.67. The topological polar surface area (TPSA) is 43.4 Å². The number of hydrogen-bond acceptors (Lipinski definition) is 3. The molecule has 0 aliphatic heterocycles. The van der Waals surface area contributed by atoms with E-state index in [0.717, 1.165) is 19.3 Å². The minimum absolute atomic E-state index is 0.210. The van der Waals surface area contributed by atoms with Crippen LogP contribution in [0.25, 0.3) is 0 Å². The molecule has 2 unspecified atom stereocenters. The van der Waals surface area contributed by atoms with Gasteiger partial charge in [0.15, 0.2) is 0 Å². The molecule has 0 N–H and O–H groups in total. The van der Waals surface area contributed by atoms with Crippen molar-refractivity contribution in [3.63, 3.8) is 0 Å². The number of esters is 1. The molecule has 1 fully saturated rings. The Labute approximate surface area is 84.8 Å². The van der Waals surface area contributed by atoms with Crippen LogP contribution in [0.4, 0.5) is 0 Å². The SMILES string of the molecule is COC(=O)C(C)C1(C)CCCCC1=O. The van der Waals surface area contributed by atoms with Crippen LogP contribution in [-0.2, 0) is 14.3 Å². The third-order valence-electron chi connectivity index (χ3n) is 3.50. The van der Waals surface area contributed by atoms with Crippen LogP contribution in [0.3, 0.4) is 0 Å². The second kappa shape index (κ2) is 4.11. The molecule has 0 aromatic rings. The van der Waals surface area contributed by atoms with Crippen LogP contribution in [-0.4, -0.2) is 18.9 Å². The number of carbonyl (C=O) groups is 2. The number of Topliss-reactive ketones (excluding diaryl/α,β-unsaturated/α-hetero) is 1. The van der Waals surface area contributed by atoms with Crippen LogP contribution >= 0.6 is 0 Å². The van der Waals surface area contributed by atoms with Crippen LogP contribution < -0.4 is 0 Å². The smallest absolute Gasteiger partial charge is 0.309 e. The summed E-state index contributed by atoms with van der Waals surface area (Å²) in [5, 5.41) is 0. The molecule has 3 nitrogen and oxygen atoms in total. The van der Waals surface area contributed by atoms with E-state index in [0.29, 0.717) is 6.42 Å². The van der Waals surface area contributed by atoms with Crippen LogP contribution in [0.1, 0.15) is 39.5 Å². The fraction of sp³-hybridized carbons (Fsp3) is 0.818. The third kappa shape index (κ3) is 1.81. The molecule has 1 saturated carbocycles. The van der Waals surface area contributed by atoms with Crippen molar-refractivity contribution in [2.75, 3.05) is 7.11 Å². The first kappa shape index (κ1) is 11.2. The molecule has 3 heteroatoms. The maximum Gasteiger partial charge on any atom is 0.309 e. The normalized spacial score (nSPS) is 29.8. The zero-order chi connectivity index (χ0) is 10.8. The van der Waals surface area contributed by atoms with Crippen molar-refractivity contribution in [2.45, 2.75) is 39.5 Å². The van der Waals surface area contributed by atoms with Gasteiger partial charge in [-0.25, -0.2) is 0 Å². The maximum atomic E-state index is 11.8. The van der Waals surface area contributed by atoms with Gasteiger partial charge >= 0.3 is 5.97 Å². The average molecular weight is 198 g/mol. The van der Waals surface area contributed by atoms with E-state index in [1.165, 1.54) is 7.11 Å². The van der Waals surface area contributed by atoms with E-state index in [-0.39, 0.29) is 17.7 Å². The number of methoxy groups -OCH3 is 1. The van der Waals surface area contributed by atoms with Gasteiger partial charge in [-0.15, -0.1) is 0 Å². The molecule has 2 atom stereocenters. The summed E-state index contributed by atoms with van der Waals surface area (Å²) in [6, 6.07) is 0. The lowest BCUT2D eigenvalue weighted by atomic mass is 9.67. The molecule has 1 rings (SSSR count). The van der Waals surface area contributed by atoms with Gasteiger partial charge in [0.1, 0.15) is 5.78 Å². The van der Waals surface area contributed by atoms with Gasteiger partial charge in [0.25, 0.3) is 0 Å². The molecule has 0 radical (unpaired) electrons. The first-order valence-corrected chi connectivity index (χ1v) is 5.13. The molecule has 0 saturated heterocycles. The summed E-state index contributed by atoms with van der Waals surface area (Å²) in [7, 11) is 1.37. The quantitative estimate of drug-likeness (QED) is 0.637. The van der Waals surface area contributed by atoms with E-state index < -0.39 is 5.41 Å². The van der Waals surface area contributed by atoms with E-state index in [9.17, 15) is 9.59 Å². The van der Waals surface area contributed by atoms with E-state index in [1.54, 1.807) is 6.92 Å². The monoisotopic (exact) mass is 198 g/mol. The summed E-state index contributed by atoms with van der Waals surface area (Å²) >= 11 is 0. The van der Waals surface area contributed by atoms with Crippen molar-refractivity contribution < 1.29 is 14.3 Å². The summed E-state index contributed by atoms with van der Waals surface area (Å²) in [5.41, 5.74) is -0.495. The van der Waals surface area contributed by atoms with E-state index in [1.807, 2.05) is 6.92 Å². The number of rotatable bonds is 2. The largest absolute Gasteiger partial charge is 0.469 e. The highest BCUT2D eigenvalue weighted by Gasteiger charge is 2.43. The molecule has 0 spiro atoms. The van der Waals surface area contributed by atoms with Gasteiger partial charge in [-0.2, -0.15) is 0 Å². The van der Waals surface area contributed by atoms with Crippen molar-refractivity contribution >= 4 is 11.8 Å². The molecule has 1 aliphatic carbocycles. The van der Waals surface area contributed by atoms with Gasteiger partial charge in [0.05, 0.1) is 13.0 Å². The molecule has 80 valence electrons. The highest BCUT2D eigenvalue weighted by Crippen LogP contribution is 2.39. The highest BCUT2D eigenvalue weighted by atomic mass is 16.5. The molecular weight excluding hydrogens is 180 g/mol. The van der Waals surface area contributed by atoms with Gasteiger partial charge in [-0.3, -0.25) is 9.59 Å². The summed E-state index contributed by atoms with van der Waals surface area (Å²) in [6.07, 6.45) is 3.41. The zero-order valence-corrected chi connectivity index (χ0v) is 9.13. The average Bonchev–Trinajstić information content (AvgIpc) is 2.20. The van der Waals surface area contributed by atoms with E-state index in [4.69, 9.17) is 0 Å². The molecule has 0 amide bonds. The van der Waals surface area contributed by atoms with Crippen LogP contribution in [0.15, 0.2) is 0 Å². The minimum Gasteiger partial charge on any atom is -0.469 e. The Bertz CT molecular complexity index is 247. The van der Waals surface area contributed by atoms with Crippen molar-refractivity contribution in [1.29, 1.82) is 0 Å². The zero-order valence-electron chi connectivity index (χ0n) is 9.13. The molecule has 1 aliphatic rings. The fourth-order valence-electron chi connectivity index (χ4n) is 2.10. The van der Waals surface area contributed by atoms with Gasteiger partial charge in [0.2, 0.25) is 0 Å². The first-order chi connectivity index (χ1) is 6.52. The Morgan fingerprint density at radius 1 is 1.50 bits per heavy atom. The van der Waals surface area contributed by atoms with Crippen molar-refractivity contribution in [3.05, 3.63) is 0 Å². The Balaban J connectivity index is 2.81. The maximum absolute atomic E-state index is 11.8. The predicted octanol–water partition coefficient (Wildman–Crippen LogP) is 1.94. The van der Waals surface area contributed by atoms with Gasteiger partial charge in [-0.1, -0.05) is 20.3 Å². The summed E-state index contributed by atoms with van der Waals surface area (Å²) in [4.78, 5) is 23.2. The van der Waals surface area contributed by atoms with Crippen molar-refractivity contribution in [3.8, 4) is 0 Å². The predicted molar refractivity (Wildman–Crippen MR) is 52.8 cm³/mol. The first-order valence-electron chi connectivity index (χ1n) is 5.13. The standard InChI is InChI=1S/C11H18O3/c1-8(10(13)14-3)11(2)7-5-4-6-9(11)12/h8H,4-7H2,1-3H3. The molecule has 0 aromatic heterocycles. The second-order valence-corrected chi connectivity index (χ2v) is 4.29. The third-order valence-corrected chi connectivity index (χ3v) is 3.50. The Hall–Kier alpha value is -0.860. The van der Waals surface area contributed by atoms with E-state index >= 15 is 0 Å². The highest BCUT2D eigenvalue weighted by molar-refractivity contribution is 5.90. The van der Waals surface area contributed by atoms with Crippen LogP contribution in [0.2, 0.25) is 0 Å². The lowest BCUT2D eigenvalue weighted by molar-refractivity contribution is -0.155. The lowest BCUT2D eigenvalue weighted by Crippen LogP contribution is -2.41. The van der Waals surface area contributed by atoms with Crippen molar-refractivity contribution in [1.82, 2.24) is 0 Å². The summed E-state index contributed by atoms with van der Waals surface area (Å²) < 4.78 is 4.69. The molecule has 0 aromatic carbocycles. The lowest BCUT2D eigenvalue weighted by Gasteiger charge is -2.35. The number of ketones is 1. The fourth-order valence-corrected chi connectivity index (χ4v) is 2.10. The van der Waals surface area contributed by atoms with Gasteiger partial charge < -0.3 is 4.74 Å². The van der Waals surface area contributed by atoms with Crippen molar-refractivity contribution in [2.24, 2.45) is 11.3 Å². The molecular formula is C11H18O3. The Kier molecular flexibility index (Phi) is 3.29. The minimum atomic E-state index is -0.495. The molecule has 0 bridgehead atoms. The van der Waals surface area contributed by atoms with Crippen LogP contribution in [0.5, 0.6) is 0 Å². The Morgan fingerprint density at radius 2 is 2.14 bits per heavy atom. The second-order valence-electron chi connectivity index (χ2n) is 4.29. The van der Waals surface area contributed by atoms with Gasteiger partial charge in [-0.05, 0) is 12.8 Å². The number of hydrogen-bond donors (Lipinski definition) is 0. The van der Waals surface area contributed by atoms with E-state index in [2.05, 4.69) is 4.74 Å². The number of ether oxygens (including phenoxy) is 1. The Morgan fingerprint density at radius 3 is 2.64 bits per heavy atom. The number of carbonyl (C=O) groups excluding carboxylic acids is 2. The molecule has 14 heavy (non-hydrogen) atoms. The molecule has 0 heterocycles. The van der Waals surface area contributed by atoms with Crippen LogP contribution in [0, 0.1) is 11.3 Å². The summed E-state index contributed by atoms with van der Waals surface area (Å²) in [5.74, 6) is -0.385.